The minimum Gasteiger partial charge on any atom is -0.390 e. The number of imidazole rings is 1. The van der Waals surface area contributed by atoms with Gasteiger partial charge in [0.05, 0.1) is 11.8 Å². The highest BCUT2D eigenvalue weighted by Crippen LogP contribution is 2.43. The van der Waals surface area contributed by atoms with Crippen molar-refractivity contribution < 1.29 is 18.3 Å². The summed E-state index contributed by atoms with van der Waals surface area (Å²) in [5.41, 5.74) is -0.300. The number of halogens is 3. The number of aromatic nitrogens is 4. The Morgan fingerprint density at radius 3 is 2.37 bits per heavy atom. The molecule has 10 heteroatoms. The first-order chi connectivity index (χ1) is 16.7. The van der Waals surface area contributed by atoms with E-state index < -0.39 is 28.7 Å². The zero-order chi connectivity index (χ0) is 24.7. The Kier molecular flexibility index (Phi) is 6.33. The zero-order valence-electron chi connectivity index (χ0n) is 20.0. The van der Waals surface area contributed by atoms with Crippen molar-refractivity contribution in [3.8, 4) is 0 Å². The van der Waals surface area contributed by atoms with Gasteiger partial charge in [-0.1, -0.05) is 19.3 Å². The highest BCUT2D eigenvalue weighted by molar-refractivity contribution is 5.76. The van der Waals surface area contributed by atoms with Crippen LogP contribution in [0.4, 0.5) is 30.8 Å². The zero-order valence-corrected chi connectivity index (χ0v) is 20.0. The molecule has 2 aliphatic carbocycles. The molecule has 3 N–H and O–H groups in total. The van der Waals surface area contributed by atoms with Crippen LogP contribution in [0.3, 0.4) is 0 Å². The van der Waals surface area contributed by atoms with Gasteiger partial charge in [0.15, 0.2) is 17.3 Å². The summed E-state index contributed by atoms with van der Waals surface area (Å²) in [5.74, 6) is -2.34. The van der Waals surface area contributed by atoms with Gasteiger partial charge in [0.2, 0.25) is 11.9 Å². The smallest absolute Gasteiger partial charge is 0.224 e. The molecule has 0 aliphatic heterocycles. The molecule has 5 rings (SSSR count). The first kappa shape index (κ1) is 23.8. The van der Waals surface area contributed by atoms with Gasteiger partial charge in [-0.25, -0.2) is 23.1 Å². The lowest BCUT2D eigenvalue weighted by Crippen LogP contribution is -2.29. The third-order valence-electron chi connectivity index (χ3n) is 7.38. The van der Waals surface area contributed by atoms with Crippen molar-refractivity contribution in [3.63, 3.8) is 0 Å². The lowest BCUT2D eigenvalue weighted by atomic mass is 9.89. The summed E-state index contributed by atoms with van der Waals surface area (Å²) in [6.45, 7) is 3.59. The van der Waals surface area contributed by atoms with Crippen molar-refractivity contribution in [1.82, 2.24) is 19.5 Å². The predicted octanol–water partition coefficient (Wildman–Crippen LogP) is 5.84. The molecule has 2 heterocycles. The second-order valence-electron chi connectivity index (χ2n) is 10.4. The van der Waals surface area contributed by atoms with Crippen molar-refractivity contribution in [2.75, 3.05) is 10.6 Å². The number of anilines is 3. The lowest BCUT2D eigenvalue weighted by molar-refractivity contribution is 0.0186. The minimum absolute atomic E-state index is 0.0544. The normalized spacial score (nSPS) is 21.5. The van der Waals surface area contributed by atoms with Gasteiger partial charge in [0.1, 0.15) is 17.0 Å². The Morgan fingerprint density at radius 1 is 1.00 bits per heavy atom. The number of hydrogen-bond donors (Lipinski definition) is 3. The second-order valence-corrected chi connectivity index (χ2v) is 10.4. The van der Waals surface area contributed by atoms with Gasteiger partial charge in [-0.15, -0.1) is 0 Å². The molecule has 2 aliphatic rings. The van der Waals surface area contributed by atoms with Crippen LogP contribution in [0.15, 0.2) is 18.3 Å². The molecule has 0 saturated heterocycles. The lowest BCUT2D eigenvalue weighted by Gasteiger charge is -2.26. The van der Waals surface area contributed by atoms with Crippen molar-refractivity contribution >= 4 is 28.7 Å². The molecular formula is C25H31F3N6O. The van der Waals surface area contributed by atoms with Crippen LogP contribution in [-0.2, 0) is 0 Å². The standard InChI is InChI=1S/C25H31F3N6O/c1-25(2,35)14-8-9-17(10-14)34-22-20(13-29-23(33-22)30-16-6-4-3-5-7-16)31-24(34)32-21-18(27)11-15(26)12-19(21)28/h11-14,16-17,35H,3-10H2,1-2H3,(H,31,32)(H,29,30,33)/t14-,17?/m1/s1. The van der Waals surface area contributed by atoms with Gasteiger partial charge >= 0.3 is 0 Å². The summed E-state index contributed by atoms with van der Waals surface area (Å²) in [6, 6.07) is 1.47. The Bertz CT molecular complexity index is 1190. The summed E-state index contributed by atoms with van der Waals surface area (Å²) >= 11 is 0. The van der Waals surface area contributed by atoms with Crippen LogP contribution in [0.5, 0.6) is 0 Å². The Labute approximate surface area is 202 Å². The van der Waals surface area contributed by atoms with E-state index in [1.165, 1.54) is 19.3 Å². The van der Waals surface area contributed by atoms with E-state index in [-0.39, 0.29) is 17.9 Å². The van der Waals surface area contributed by atoms with Crippen molar-refractivity contribution in [3.05, 3.63) is 35.8 Å². The minimum atomic E-state index is -1.05. The van der Waals surface area contributed by atoms with Crippen LogP contribution in [0.1, 0.15) is 71.3 Å². The van der Waals surface area contributed by atoms with Gasteiger partial charge < -0.3 is 15.7 Å². The van der Waals surface area contributed by atoms with Crippen LogP contribution < -0.4 is 10.6 Å². The average molecular weight is 489 g/mol. The van der Waals surface area contributed by atoms with E-state index in [0.717, 1.165) is 25.7 Å². The number of nitrogens with one attached hydrogen (secondary N) is 2. The molecule has 0 amide bonds. The van der Waals surface area contributed by atoms with Crippen LogP contribution in [-0.4, -0.2) is 36.3 Å². The third-order valence-corrected chi connectivity index (χ3v) is 7.38. The SMILES string of the molecule is CC(C)(O)[C@@H]1CCC(n2c(Nc3c(F)cc(F)cc3F)nc3cnc(NC4CCCCC4)nc32)C1. The molecule has 2 fully saturated rings. The Hall–Kier alpha value is -2.88. The van der Waals surface area contributed by atoms with Gasteiger partial charge in [0, 0.05) is 24.2 Å². The molecular weight excluding hydrogens is 457 g/mol. The van der Waals surface area contributed by atoms with Gasteiger partial charge in [-0.3, -0.25) is 4.57 Å². The molecule has 188 valence electrons. The fourth-order valence-electron chi connectivity index (χ4n) is 5.43. The maximum atomic E-state index is 14.5. The molecule has 2 atom stereocenters. The van der Waals surface area contributed by atoms with Crippen molar-refractivity contribution in [2.24, 2.45) is 5.92 Å². The molecule has 7 nitrogen and oxygen atoms in total. The molecule has 0 bridgehead atoms. The van der Waals surface area contributed by atoms with E-state index in [4.69, 9.17) is 4.98 Å². The van der Waals surface area contributed by atoms with E-state index in [1.807, 2.05) is 4.57 Å². The first-order valence-electron chi connectivity index (χ1n) is 12.3. The van der Waals surface area contributed by atoms with E-state index >= 15 is 0 Å². The number of nitrogens with zero attached hydrogens (tertiary/aromatic N) is 4. The third kappa shape index (κ3) is 4.94. The Morgan fingerprint density at radius 2 is 1.71 bits per heavy atom. The average Bonchev–Trinajstić information content (AvgIpc) is 3.41. The summed E-state index contributed by atoms with van der Waals surface area (Å²) in [7, 11) is 0. The fourth-order valence-corrected chi connectivity index (χ4v) is 5.43. The topological polar surface area (TPSA) is 87.9 Å². The number of rotatable bonds is 6. The monoisotopic (exact) mass is 488 g/mol. The first-order valence-corrected chi connectivity index (χ1v) is 12.3. The molecule has 35 heavy (non-hydrogen) atoms. The quantitative estimate of drug-likeness (QED) is 0.404. The van der Waals surface area contributed by atoms with Gasteiger partial charge in [0.25, 0.3) is 0 Å². The van der Waals surface area contributed by atoms with E-state index in [0.29, 0.717) is 41.7 Å². The number of aliphatic hydroxyl groups is 1. The highest BCUT2D eigenvalue weighted by Gasteiger charge is 2.37. The second kappa shape index (κ2) is 9.29. The van der Waals surface area contributed by atoms with Crippen molar-refractivity contribution in [2.45, 2.75) is 82.9 Å². The van der Waals surface area contributed by atoms with Crippen molar-refractivity contribution in [1.29, 1.82) is 0 Å². The number of benzene rings is 1. The van der Waals surface area contributed by atoms with Crippen LogP contribution in [0.2, 0.25) is 0 Å². The summed E-state index contributed by atoms with van der Waals surface area (Å²) in [4.78, 5) is 13.7. The van der Waals surface area contributed by atoms with E-state index in [1.54, 1.807) is 20.0 Å². The van der Waals surface area contributed by atoms with Gasteiger partial charge in [-0.05, 0) is 51.9 Å². The molecule has 1 aromatic carbocycles. The van der Waals surface area contributed by atoms with E-state index in [9.17, 15) is 18.3 Å². The molecule has 0 radical (unpaired) electrons. The molecule has 3 aromatic rings. The highest BCUT2D eigenvalue weighted by atomic mass is 19.1. The molecule has 2 saturated carbocycles. The predicted molar refractivity (Wildman–Crippen MR) is 128 cm³/mol. The van der Waals surface area contributed by atoms with Crippen LogP contribution in [0, 0.1) is 23.4 Å². The van der Waals surface area contributed by atoms with Crippen LogP contribution in [0.25, 0.3) is 11.2 Å². The molecule has 2 aromatic heterocycles. The molecule has 0 spiro atoms. The summed E-state index contributed by atoms with van der Waals surface area (Å²) in [5, 5.41) is 16.7. The number of fused-ring (bicyclic) bond motifs is 1. The summed E-state index contributed by atoms with van der Waals surface area (Å²) in [6.07, 6.45) is 9.51. The fraction of sp³-hybridized carbons (Fsp3) is 0.560. The van der Waals surface area contributed by atoms with Gasteiger partial charge in [-0.2, -0.15) is 4.98 Å². The maximum absolute atomic E-state index is 14.5. The van der Waals surface area contributed by atoms with E-state index in [2.05, 4.69) is 20.6 Å². The van der Waals surface area contributed by atoms with Crippen LogP contribution >= 0.6 is 0 Å². The maximum Gasteiger partial charge on any atom is 0.224 e. The summed E-state index contributed by atoms with van der Waals surface area (Å²) < 4.78 is 44.2. The molecule has 1 unspecified atom stereocenters. The Balaban J connectivity index is 1.54. The largest absolute Gasteiger partial charge is 0.390 e. The number of hydrogen-bond acceptors (Lipinski definition) is 6.